The number of carbonyl (C=O) groups excluding carboxylic acids is 1. The van der Waals surface area contributed by atoms with Crippen molar-refractivity contribution >= 4 is 23.4 Å². The van der Waals surface area contributed by atoms with Crippen LogP contribution < -0.4 is 5.48 Å². The van der Waals surface area contributed by atoms with E-state index in [1.165, 1.54) is 7.11 Å². The maximum atomic E-state index is 11.7. The van der Waals surface area contributed by atoms with Crippen molar-refractivity contribution < 1.29 is 14.4 Å². The highest BCUT2D eigenvalue weighted by molar-refractivity contribution is 7.10. The number of rotatable bonds is 7. The van der Waals surface area contributed by atoms with Gasteiger partial charge in [0, 0.05) is 4.88 Å². The third kappa shape index (κ3) is 5.15. The summed E-state index contributed by atoms with van der Waals surface area (Å²) < 4.78 is 4.78. The summed E-state index contributed by atoms with van der Waals surface area (Å²) >= 11 is 1.56. The van der Waals surface area contributed by atoms with E-state index < -0.39 is 0 Å². The van der Waals surface area contributed by atoms with Gasteiger partial charge in [-0.05, 0) is 23.1 Å². The smallest absolute Gasteiger partial charge is 0.335 e. The van der Waals surface area contributed by atoms with Crippen LogP contribution in [0.15, 0.2) is 53.4 Å². The van der Waals surface area contributed by atoms with Crippen molar-refractivity contribution in [2.24, 2.45) is 0 Å². The van der Waals surface area contributed by atoms with E-state index in [4.69, 9.17) is 9.57 Å². The summed E-state index contributed by atoms with van der Waals surface area (Å²) in [5.41, 5.74) is 4.38. The monoisotopic (exact) mass is 303 g/mol. The molecule has 1 N–H and O–H groups in total. The second-order valence-electron chi connectivity index (χ2n) is 4.27. The molecule has 2 rings (SSSR count). The van der Waals surface area contributed by atoms with Gasteiger partial charge in [0.05, 0.1) is 25.8 Å². The number of thiophene rings is 1. The minimum atomic E-state index is -0.362. The Labute approximate surface area is 128 Å². The maximum Gasteiger partial charge on any atom is 0.335 e. The van der Waals surface area contributed by atoms with Crippen molar-refractivity contribution in [3.05, 3.63) is 63.9 Å². The zero-order chi connectivity index (χ0) is 14.9. The Bertz CT molecular complexity index is 579. The van der Waals surface area contributed by atoms with E-state index in [1.807, 2.05) is 47.8 Å². The van der Waals surface area contributed by atoms with Gasteiger partial charge in [-0.1, -0.05) is 36.4 Å². The first-order valence-electron chi connectivity index (χ1n) is 6.50. The fourth-order valence-electron chi connectivity index (χ4n) is 1.70. The minimum absolute atomic E-state index is 0.289. The summed E-state index contributed by atoms with van der Waals surface area (Å²) in [5, 5.41) is 1.96. The van der Waals surface area contributed by atoms with Crippen LogP contribution in [0.4, 0.5) is 0 Å². The molecule has 0 unspecified atom stereocenters. The van der Waals surface area contributed by atoms with Gasteiger partial charge < -0.3 is 4.74 Å². The average Bonchev–Trinajstić information content (AvgIpc) is 3.03. The number of nitrogens with one attached hydrogen (secondary N) is 1. The molecule has 0 fully saturated rings. The highest BCUT2D eigenvalue weighted by Crippen LogP contribution is 2.14. The van der Waals surface area contributed by atoms with E-state index in [0.717, 1.165) is 10.4 Å². The molecule has 21 heavy (non-hydrogen) atoms. The summed E-state index contributed by atoms with van der Waals surface area (Å²) in [6.45, 7) is 0.728. The molecule has 0 aliphatic heterocycles. The Morgan fingerprint density at radius 2 is 2.05 bits per heavy atom. The molecule has 0 bridgehead atoms. The molecule has 0 saturated heterocycles. The van der Waals surface area contributed by atoms with Crippen molar-refractivity contribution in [1.29, 1.82) is 0 Å². The van der Waals surface area contributed by atoms with Gasteiger partial charge >= 0.3 is 5.97 Å². The highest BCUT2D eigenvalue weighted by atomic mass is 32.1. The van der Waals surface area contributed by atoms with Gasteiger partial charge in [-0.2, -0.15) is 5.48 Å². The van der Waals surface area contributed by atoms with E-state index >= 15 is 0 Å². The summed E-state index contributed by atoms with van der Waals surface area (Å²) in [7, 11) is 1.37. The molecule has 0 aliphatic rings. The first-order chi connectivity index (χ1) is 10.3. The van der Waals surface area contributed by atoms with Crippen molar-refractivity contribution in [1.82, 2.24) is 5.48 Å². The van der Waals surface area contributed by atoms with Gasteiger partial charge in [0.1, 0.15) is 0 Å². The fraction of sp³-hybridized carbons (Fsp3) is 0.188. The number of carbonyl (C=O) groups is 1. The second-order valence-corrected chi connectivity index (χ2v) is 5.25. The quantitative estimate of drug-likeness (QED) is 0.370. The van der Waals surface area contributed by atoms with Crippen LogP contribution in [0.2, 0.25) is 0 Å². The summed E-state index contributed by atoms with van der Waals surface area (Å²) in [6.07, 6.45) is 1.80. The Balaban J connectivity index is 1.86. The molecular weight excluding hydrogens is 286 g/mol. The van der Waals surface area contributed by atoms with Crippen LogP contribution in [0.5, 0.6) is 0 Å². The van der Waals surface area contributed by atoms with Gasteiger partial charge in [0.25, 0.3) is 0 Å². The lowest BCUT2D eigenvalue weighted by molar-refractivity contribution is -0.136. The van der Waals surface area contributed by atoms with Gasteiger partial charge in [0.15, 0.2) is 0 Å². The molecule has 0 radical (unpaired) electrons. The number of ether oxygens (including phenoxy) is 1. The van der Waals surface area contributed by atoms with Crippen molar-refractivity contribution in [2.45, 2.75) is 6.61 Å². The first-order valence-corrected chi connectivity index (χ1v) is 7.38. The SMILES string of the molecule is COC(=O)/C(=C/c1cccs1)CNOCc1ccccc1. The Hall–Kier alpha value is -1.95. The van der Waals surface area contributed by atoms with E-state index in [0.29, 0.717) is 12.2 Å². The van der Waals surface area contributed by atoms with Crippen LogP contribution in [0.1, 0.15) is 10.4 Å². The lowest BCUT2D eigenvalue weighted by Crippen LogP contribution is -2.22. The molecule has 5 heteroatoms. The molecule has 110 valence electrons. The minimum Gasteiger partial charge on any atom is -0.466 e. The molecule has 0 spiro atoms. The van der Waals surface area contributed by atoms with E-state index in [1.54, 1.807) is 17.4 Å². The van der Waals surface area contributed by atoms with Crippen molar-refractivity contribution in [3.63, 3.8) is 0 Å². The molecule has 0 atom stereocenters. The zero-order valence-electron chi connectivity index (χ0n) is 11.7. The molecule has 0 saturated carbocycles. The molecule has 1 heterocycles. The van der Waals surface area contributed by atoms with E-state index in [-0.39, 0.29) is 12.5 Å². The molecule has 0 aliphatic carbocycles. The Morgan fingerprint density at radius 3 is 2.71 bits per heavy atom. The molecule has 2 aromatic rings. The van der Waals surface area contributed by atoms with Crippen LogP contribution in [-0.4, -0.2) is 19.6 Å². The first kappa shape index (κ1) is 15.4. The fourth-order valence-corrected chi connectivity index (χ4v) is 2.38. The number of methoxy groups -OCH3 is 1. The van der Waals surface area contributed by atoms with Crippen molar-refractivity contribution in [3.8, 4) is 0 Å². The largest absolute Gasteiger partial charge is 0.466 e. The van der Waals surface area contributed by atoms with E-state index in [9.17, 15) is 4.79 Å². The summed E-state index contributed by atoms with van der Waals surface area (Å²) in [6, 6.07) is 13.7. The lowest BCUT2D eigenvalue weighted by Gasteiger charge is -2.08. The number of hydrogen-bond acceptors (Lipinski definition) is 5. The molecule has 1 aromatic heterocycles. The average molecular weight is 303 g/mol. The highest BCUT2D eigenvalue weighted by Gasteiger charge is 2.10. The number of hydroxylamine groups is 1. The third-order valence-electron chi connectivity index (χ3n) is 2.75. The topological polar surface area (TPSA) is 47.6 Å². The van der Waals surface area contributed by atoms with Crippen LogP contribution >= 0.6 is 11.3 Å². The van der Waals surface area contributed by atoms with Gasteiger partial charge in [0.2, 0.25) is 0 Å². The van der Waals surface area contributed by atoms with Gasteiger partial charge in [-0.25, -0.2) is 4.79 Å². The predicted molar refractivity (Wildman–Crippen MR) is 83.5 cm³/mol. The van der Waals surface area contributed by atoms with Crippen LogP contribution in [0, 0.1) is 0 Å². The third-order valence-corrected chi connectivity index (χ3v) is 3.57. The number of esters is 1. The summed E-state index contributed by atoms with van der Waals surface area (Å²) in [4.78, 5) is 18.1. The normalized spacial score (nSPS) is 11.4. The van der Waals surface area contributed by atoms with Crippen molar-refractivity contribution in [2.75, 3.05) is 13.7 Å². The predicted octanol–water partition coefficient (Wildman–Crippen LogP) is 3.03. The van der Waals surface area contributed by atoms with Crippen LogP contribution in [0.25, 0.3) is 6.08 Å². The Kier molecular flexibility index (Phi) is 6.15. The second kappa shape index (κ2) is 8.36. The molecule has 0 amide bonds. The number of benzene rings is 1. The maximum absolute atomic E-state index is 11.7. The summed E-state index contributed by atoms with van der Waals surface area (Å²) in [5.74, 6) is -0.362. The molecule has 4 nitrogen and oxygen atoms in total. The standard InChI is InChI=1S/C16H17NO3S/c1-19-16(18)14(10-15-8-5-9-21-15)11-17-20-12-13-6-3-2-4-7-13/h2-10,17H,11-12H2,1H3/b14-10+. The number of hydrogen-bond donors (Lipinski definition) is 1. The van der Waals surface area contributed by atoms with Crippen LogP contribution in [0.3, 0.4) is 0 Å². The lowest BCUT2D eigenvalue weighted by atomic mass is 10.2. The van der Waals surface area contributed by atoms with Gasteiger partial charge in [-0.15, -0.1) is 11.3 Å². The molecule has 1 aromatic carbocycles. The van der Waals surface area contributed by atoms with E-state index in [2.05, 4.69) is 5.48 Å². The zero-order valence-corrected chi connectivity index (χ0v) is 12.6. The Morgan fingerprint density at radius 1 is 1.24 bits per heavy atom. The van der Waals surface area contributed by atoms with Crippen LogP contribution in [-0.2, 0) is 21.0 Å². The molecular formula is C16H17NO3S. The van der Waals surface area contributed by atoms with Gasteiger partial charge in [-0.3, -0.25) is 4.84 Å².